The average Bonchev–Trinajstić information content (AvgIpc) is 2.64. The molecule has 0 aliphatic heterocycles. The van der Waals surface area contributed by atoms with Crippen LogP contribution >= 0.6 is 11.8 Å². The van der Waals surface area contributed by atoms with Crippen molar-refractivity contribution in [2.75, 3.05) is 0 Å². The third kappa shape index (κ3) is 2.19. The first kappa shape index (κ1) is 10.6. The molecule has 0 spiro atoms. The molecule has 6 nitrogen and oxygen atoms in total. The predicted molar refractivity (Wildman–Crippen MR) is 60.4 cm³/mol. The van der Waals surface area contributed by atoms with E-state index in [0.29, 0.717) is 10.6 Å². The smallest absolute Gasteiger partial charge is 0.135 e. The van der Waals surface area contributed by atoms with Gasteiger partial charge in [-0.2, -0.15) is 10.2 Å². The van der Waals surface area contributed by atoms with Gasteiger partial charge in [0.05, 0.1) is 22.9 Å². The lowest BCUT2D eigenvalue weighted by atomic mass is 10.3. The maximum absolute atomic E-state index is 7.42. The van der Waals surface area contributed by atoms with E-state index in [1.165, 1.54) is 18.0 Å². The molecule has 0 atom stereocenters. The SMILES string of the molecule is Cn1cc(Sc2nnccc2C(=N)N)cn1. The van der Waals surface area contributed by atoms with Crippen LogP contribution < -0.4 is 5.73 Å². The van der Waals surface area contributed by atoms with E-state index in [0.717, 1.165) is 4.90 Å². The average molecular weight is 234 g/mol. The van der Waals surface area contributed by atoms with Gasteiger partial charge in [0, 0.05) is 13.2 Å². The van der Waals surface area contributed by atoms with Crippen LogP contribution in [-0.2, 0) is 7.05 Å². The zero-order valence-electron chi connectivity index (χ0n) is 8.58. The number of hydrogen-bond acceptors (Lipinski definition) is 5. The highest BCUT2D eigenvalue weighted by Crippen LogP contribution is 2.27. The van der Waals surface area contributed by atoms with Crippen LogP contribution in [0.15, 0.2) is 34.6 Å². The number of amidine groups is 1. The Balaban J connectivity index is 2.31. The summed E-state index contributed by atoms with van der Waals surface area (Å²) in [5, 5.41) is 19.8. The molecule has 0 bridgehead atoms. The molecule has 2 aromatic rings. The number of aromatic nitrogens is 4. The van der Waals surface area contributed by atoms with Crippen molar-refractivity contribution in [3.8, 4) is 0 Å². The number of nitrogen functional groups attached to an aromatic ring is 1. The summed E-state index contributed by atoms with van der Waals surface area (Å²) < 4.78 is 1.70. The van der Waals surface area contributed by atoms with Crippen LogP contribution in [0.1, 0.15) is 5.56 Å². The fourth-order valence-corrected chi connectivity index (χ4v) is 2.07. The van der Waals surface area contributed by atoms with Gasteiger partial charge >= 0.3 is 0 Å². The van der Waals surface area contributed by atoms with Crippen molar-refractivity contribution in [3.05, 3.63) is 30.2 Å². The van der Waals surface area contributed by atoms with Gasteiger partial charge in [0.15, 0.2) is 0 Å². The predicted octanol–water partition coefficient (Wildman–Crippen LogP) is 0.645. The molecule has 0 radical (unpaired) electrons. The minimum absolute atomic E-state index is 0.0127. The van der Waals surface area contributed by atoms with Crippen molar-refractivity contribution in [1.82, 2.24) is 20.0 Å². The highest BCUT2D eigenvalue weighted by Gasteiger charge is 2.09. The van der Waals surface area contributed by atoms with Crippen molar-refractivity contribution >= 4 is 17.6 Å². The Bertz CT molecular complexity index is 520. The van der Waals surface area contributed by atoms with E-state index < -0.39 is 0 Å². The van der Waals surface area contributed by atoms with Gasteiger partial charge in [-0.15, -0.1) is 5.10 Å². The molecule has 3 N–H and O–H groups in total. The zero-order chi connectivity index (χ0) is 11.5. The van der Waals surface area contributed by atoms with Crippen molar-refractivity contribution in [2.45, 2.75) is 9.92 Å². The number of nitrogens with two attached hydrogens (primary N) is 1. The van der Waals surface area contributed by atoms with E-state index in [2.05, 4.69) is 15.3 Å². The van der Waals surface area contributed by atoms with Gasteiger partial charge in [-0.3, -0.25) is 10.1 Å². The Labute approximate surface area is 96.4 Å². The molecule has 0 aromatic carbocycles. The lowest BCUT2D eigenvalue weighted by Gasteiger charge is -2.03. The third-order valence-corrected chi connectivity index (χ3v) is 2.81. The Hall–Kier alpha value is -1.89. The summed E-state index contributed by atoms with van der Waals surface area (Å²) in [5.74, 6) is -0.0127. The molecule has 2 heterocycles. The number of nitrogens with one attached hydrogen (secondary N) is 1. The molecule has 0 saturated heterocycles. The summed E-state index contributed by atoms with van der Waals surface area (Å²) in [5.41, 5.74) is 6.04. The maximum Gasteiger partial charge on any atom is 0.135 e. The molecule has 0 saturated carbocycles. The first-order valence-electron chi connectivity index (χ1n) is 4.49. The van der Waals surface area contributed by atoms with Crippen LogP contribution in [0.5, 0.6) is 0 Å². The van der Waals surface area contributed by atoms with Crippen molar-refractivity contribution in [1.29, 1.82) is 5.41 Å². The van der Waals surface area contributed by atoms with Gasteiger partial charge in [0.1, 0.15) is 10.9 Å². The first-order chi connectivity index (χ1) is 7.66. The van der Waals surface area contributed by atoms with Crippen LogP contribution in [0.2, 0.25) is 0 Å². The molecule has 0 amide bonds. The Morgan fingerprint density at radius 3 is 3.00 bits per heavy atom. The summed E-state index contributed by atoms with van der Waals surface area (Å²) >= 11 is 1.39. The monoisotopic (exact) mass is 234 g/mol. The molecular weight excluding hydrogens is 224 g/mol. The van der Waals surface area contributed by atoms with Gasteiger partial charge in [0.25, 0.3) is 0 Å². The van der Waals surface area contributed by atoms with Crippen LogP contribution in [0.3, 0.4) is 0 Å². The second-order valence-corrected chi connectivity index (χ2v) is 4.18. The van der Waals surface area contributed by atoms with Crippen LogP contribution in [0.25, 0.3) is 0 Å². The highest BCUT2D eigenvalue weighted by atomic mass is 32.2. The van der Waals surface area contributed by atoms with Gasteiger partial charge in [-0.05, 0) is 6.07 Å². The van der Waals surface area contributed by atoms with Gasteiger partial charge in [0.2, 0.25) is 0 Å². The van der Waals surface area contributed by atoms with Crippen LogP contribution in [-0.4, -0.2) is 25.8 Å². The Morgan fingerprint density at radius 2 is 2.38 bits per heavy atom. The Kier molecular flexibility index (Phi) is 2.86. The van der Waals surface area contributed by atoms with Crippen LogP contribution in [0, 0.1) is 5.41 Å². The first-order valence-corrected chi connectivity index (χ1v) is 5.31. The minimum atomic E-state index is -0.0127. The fraction of sp³-hybridized carbons (Fsp3) is 0.111. The van der Waals surface area contributed by atoms with Crippen molar-refractivity contribution < 1.29 is 0 Å². The lowest BCUT2D eigenvalue weighted by Crippen LogP contribution is -2.13. The topological polar surface area (TPSA) is 93.5 Å². The zero-order valence-corrected chi connectivity index (χ0v) is 9.40. The molecular formula is C9H10N6S. The second kappa shape index (κ2) is 4.31. The summed E-state index contributed by atoms with van der Waals surface area (Å²) in [4.78, 5) is 0.936. The van der Waals surface area contributed by atoms with E-state index in [4.69, 9.17) is 11.1 Å². The molecule has 0 fully saturated rings. The quantitative estimate of drug-likeness (QED) is 0.600. The van der Waals surface area contributed by atoms with E-state index >= 15 is 0 Å². The number of nitrogens with zero attached hydrogens (tertiary/aromatic N) is 4. The fourth-order valence-electron chi connectivity index (χ4n) is 1.16. The summed E-state index contributed by atoms with van der Waals surface area (Å²) in [7, 11) is 1.84. The lowest BCUT2D eigenvalue weighted by molar-refractivity contribution is 0.766. The van der Waals surface area contributed by atoms with E-state index in [1.54, 1.807) is 16.9 Å². The van der Waals surface area contributed by atoms with Gasteiger partial charge < -0.3 is 5.73 Å². The van der Waals surface area contributed by atoms with Crippen molar-refractivity contribution in [3.63, 3.8) is 0 Å². The van der Waals surface area contributed by atoms with E-state index in [-0.39, 0.29) is 5.84 Å². The third-order valence-electron chi connectivity index (χ3n) is 1.87. The van der Waals surface area contributed by atoms with Gasteiger partial charge in [-0.25, -0.2) is 0 Å². The summed E-state index contributed by atoms with van der Waals surface area (Å²) in [6.45, 7) is 0. The van der Waals surface area contributed by atoms with Crippen molar-refractivity contribution in [2.24, 2.45) is 12.8 Å². The molecule has 2 aromatic heterocycles. The molecule has 2 rings (SSSR count). The minimum Gasteiger partial charge on any atom is -0.384 e. The number of hydrogen-bond donors (Lipinski definition) is 2. The van der Waals surface area contributed by atoms with E-state index in [1.807, 2.05) is 13.2 Å². The molecule has 16 heavy (non-hydrogen) atoms. The largest absolute Gasteiger partial charge is 0.384 e. The molecule has 0 aliphatic rings. The highest BCUT2D eigenvalue weighted by molar-refractivity contribution is 7.99. The number of aryl methyl sites for hydroxylation is 1. The molecule has 0 aliphatic carbocycles. The summed E-state index contributed by atoms with van der Waals surface area (Å²) in [6, 6.07) is 1.67. The van der Waals surface area contributed by atoms with Gasteiger partial charge in [-0.1, -0.05) is 11.8 Å². The normalized spacial score (nSPS) is 10.3. The molecule has 82 valence electrons. The number of rotatable bonds is 3. The second-order valence-electron chi connectivity index (χ2n) is 3.12. The Morgan fingerprint density at radius 1 is 1.56 bits per heavy atom. The maximum atomic E-state index is 7.42. The summed E-state index contributed by atoms with van der Waals surface area (Å²) in [6.07, 6.45) is 5.11. The molecule has 7 heteroatoms. The van der Waals surface area contributed by atoms with Crippen LogP contribution in [0.4, 0.5) is 0 Å². The van der Waals surface area contributed by atoms with E-state index in [9.17, 15) is 0 Å². The standard InChI is InChI=1S/C9H10N6S/c1-15-5-6(4-13-15)16-9-7(8(10)11)2-3-12-14-9/h2-5H,1H3,(H3,10,11). The molecule has 0 unspecified atom stereocenters.